The molecule has 94 valence electrons. The molecule has 0 aliphatic heterocycles. The van der Waals surface area contributed by atoms with Crippen LogP contribution < -0.4 is 10.1 Å². The number of rotatable bonds is 3. The molecule has 0 bridgehead atoms. The molecule has 6 heteroatoms. The fourth-order valence-electron chi connectivity index (χ4n) is 1.33. The van der Waals surface area contributed by atoms with Crippen LogP contribution in [0.25, 0.3) is 0 Å². The molecule has 0 aliphatic rings. The summed E-state index contributed by atoms with van der Waals surface area (Å²) in [5, 5.41) is 5.12. The minimum atomic E-state index is -0.189. The number of anilines is 1. The Bertz CT molecular complexity index is 585. The van der Waals surface area contributed by atoms with E-state index in [0.717, 1.165) is 0 Å². The Kier molecular flexibility index (Phi) is 4.27. The van der Waals surface area contributed by atoms with Gasteiger partial charge in [0.1, 0.15) is 5.75 Å². The van der Waals surface area contributed by atoms with Gasteiger partial charge in [-0.25, -0.2) is 0 Å². The Hall–Kier alpha value is -1.04. The van der Waals surface area contributed by atoms with Gasteiger partial charge < -0.3 is 10.1 Å². The zero-order valence-corrected chi connectivity index (χ0v) is 12.5. The third-order valence-corrected chi connectivity index (χ3v) is 4.54. The molecule has 0 spiro atoms. The third kappa shape index (κ3) is 2.85. The van der Waals surface area contributed by atoms with Gasteiger partial charge in [-0.2, -0.15) is 0 Å². The topological polar surface area (TPSA) is 38.3 Å². The van der Waals surface area contributed by atoms with E-state index >= 15 is 0 Å². The first kappa shape index (κ1) is 13.4. The summed E-state index contributed by atoms with van der Waals surface area (Å²) in [7, 11) is 1.57. The molecule has 2 aromatic rings. The van der Waals surface area contributed by atoms with Gasteiger partial charge in [-0.1, -0.05) is 17.7 Å². The molecule has 2 rings (SSSR count). The predicted molar refractivity (Wildman–Crippen MR) is 78.0 cm³/mol. The van der Waals surface area contributed by atoms with Gasteiger partial charge in [0.05, 0.1) is 27.2 Å². The van der Waals surface area contributed by atoms with Crippen molar-refractivity contribution in [2.24, 2.45) is 0 Å². The number of thiophene rings is 1. The number of hydrogen-bond acceptors (Lipinski definition) is 3. The molecule has 1 aromatic carbocycles. The molecule has 1 N–H and O–H groups in total. The molecule has 0 radical (unpaired) electrons. The number of hydrogen-bond donors (Lipinski definition) is 1. The monoisotopic (exact) mass is 345 g/mol. The maximum atomic E-state index is 12.0. The van der Waals surface area contributed by atoms with Gasteiger partial charge in [0.25, 0.3) is 5.91 Å². The average Bonchev–Trinajstić information content (AvgIpc) is 2.83. The molecule has 1 aromatic heterocycles. The van der Waals surface area contributed by atoms with Gasteiger partial charge in [0.15, 0.2) is 0 Å². The van der Waals surface area contributed by atoms with Crippen LogP contribution in [-0.2, 0) is 0 Å². The first-order valence-electron chi connectivity index (χ1n) is 4.99. The molecule has 0 atom stereocenters. The second-order valence-corrected chi connectivity index (χ2v) is 5.52. The fourth-order valence-corrected chi connectivity index (χ4v) is 2.62. The van der Waals surface area contributed by atoms with Crippen molar-refractivity contribution in [1.82, 2.24) is 0 Å². The SMILES string of the molecule is COc1csc(C(=O)Nc2cccc(Cl)c2Br)c1. The maximum Gasteiger partial charge on any atom is 0.265 e. The predicted octanol–water partition coefficient (Wildman–Crippen LogP) is 4.42. The van der Waals surface area contributed by atoms with Crippen LogP contribution in [0, 0.1) is 0 Å². The van der Waals surface area contributed by atoms with Crippen molar-refractivity contribution in [2.45, 2.75) is 0 Å². The lowest BCUT2D eigenvalue weighted by Crippen LogP contribution is -2.10. The van der Waals surface area contributed by atoms with Gasteiger partial charge in [-0.15, -0.1) is 11.3 Å². The van der Waals surface area contributed by atoms with Crippen molar-refractivity contribution in [3.63, 3.8) is 0 Å². The number of methoxy groups -OCH3 is 1. The normalized spacial score (nSPS) is 10.2. The third-order valence-electron chi connectivity index (χ3n) is 2.23. The Morgan fingerprint density at radius 2 is 2.28 bits per heavy atom. The second-order valence-electron chi connectivity index (χ2n) is 3.41. The second kappa shape index (κ2) is 5.73. The number of amides is 1. The van der Waals surface area contributed by atoms with E-state index in [1.807, 2.05) is 0 Å². The number of nitrogens with one attached hydrogen (secondary N) is 1. The van der Waals surface area contributed by atoms with Gasteiger partial charge in [-0.05, 0) is 28.1 Å². The van der Waals surface area contributed by atoms with E-state index in [2.05, 4.69) is 21.2 Å². The van der Waals surface area contributed by atoms with E-state index in [1.54, 1.807) is 36.8 Å². The summed E-state index contributed by atoms with van der Waals surface area (Å²) in [5.41, 5.74) is 0.639. The zero-order valence-electron chi connectivity index (χ0n) is 9.37. The fraction of sp³-hybridized carbons (Fsp3) is 0.0833. The Morgan fingerprint density at radius 1 is 1.50 bits per heavy atom. The molecule has 3 nitrogen and oxygen atoms in total. The molecule has 0 fully saturated rings. The van der Waals surface area contributed by atoms with Gasteiger partial charge in [0.2, 0.25) is 0 Å². The van der Waals surface area contributed by atoms with E-state index in [9.17, 15) is 4.79 Å². The highest BCUT2D eigenvalue weighted by atomic mass is 79.9. The number of halogens is 2. The summed E-state index contributed by atoms with van der Waals surface area (Å²) in [4.78, 5) is 12.6. The number of carbonyl (C=O) groups excluding carboxylic acids is 1. The first-order chi connectivity index (χ1) is 8.61. The highest BCUT2D eigenvalue weighted by Crippen LogP contribution is 2.31. The first-order valence-corrected chi connectivity index (χ1v) is 7.04. The Labute approximate surface area is 122 Å². The highest BCUT2D eigenvalue weighted by molar-refractivity contribution is 9.10. The van der Waals surface area contributed by atoms with E-state index < -0.39 is 0 Å². The lowest BCUT2D eigenvalue weighted by atomic mass is 10.3. The highest BCUT2D eigenvalue weighted by Gasteiger charge is 2.12. The van der Waals surface area contributed by atoms with Crippen LogP contribution in [0.5, 0.6) is 5.75 Å². The smallest absolute Gasteiger partial charge is 0.265 e. The van der Waals surface area contributed by atoms with E-state index in [-0.39, 0.29) is 5.91 Å². The Balaban J connectivity index is 2.18. The number of benzene rings is 1. The maximum absolute atomic E-state index is 12.0. The number of ether oxygens (including phenoxy) is 1. The minimum Gasteiger partial charge on any atom is -0.496 e. The van der Waals surface area contributed by atoms with Crippen LogP contribution in [0.4, 0.5) is 5.69 Å². The zero-order chi connectivity index (χ0) is 13.1. The van der Waals surface area contributed by atoms with Crippen molar-refractivity contribution in [1.29, 1.82) is 0 Å². The molecular formula is C12H9BrClNO2S. The van der Waals surface area contributed by atoms with Crippen LogP contribution in [-0.4, -0.2) is 13.0 Å². The summed E-state index contributed by atoms with van der Waals surface area (Å²) in [6.07, 6.45) is 0. The van der Waals surface area contributed by atoms with Gasteiger partial charge in [-0.3, -0.25) is 4.79 Å². The van der Waals surface area contributed by atoms with Gasteiger partial charge in [0, 0.05) is 11.4 Å². The van der Waals surface area contributed by atoms with Crippen molar-refractivity contribution in [3.05, 3.63) is 44.0 Å². The van der Waals surface area contributed by atoms with Crippen molar-refractivity contribution in [3.8, 4) is 5.75 Å². The Morgan fingerprint density at radius 3 is 2.94 bits per heavy atom. The van der Waals surface area contributed by atoms with Crippen LogP contribution in [0.15, 0.2) is 34.1 Å². The van der Waals surface area contributed by atoms with E-state index in [4.69, 9.17) is 16.3 Å². The minimum absolute atomic E-state index is 0.189. The molecule has 0 saturated carbocycles. The lowest BCUT2D eigenvalue weighted by Gasteiger charge is -2.06. The quantitative estimate of drug-likeness (QED) is 0.893. The van der Waals surface area contributed by atoms with Crippen LogP contribution in [0.3, 0.4) is 0 Å². The van der Waals surface area contributed by atoms with Crippen LogP contribution >= 0.6 is 38.9 Å². The molecule has 0 aliphatic carbocycles. The molecule has 0 unspecified atom stereocenters. The lowest BCUT2D eigenvalue weighted by molar-refractivity contribution is 0.103. The van der Waals surface area contributed by atoms with Crippen molar-refractivity contribution in [2.75, 3.05) is 12.4 Å². The summed E-state index contributed by atoms with van der Waals surface area (Å²) >= 11 is 10.6. The number of carbonyl (C=O) groups is 1. The summed E-state index contributed by atoms with van der Waals surface area (Å²) in [6.45, 7) is 0. The molecule has 18 heavy (non-hydrogen) atoms. The van der Waals surface area contributed by atoms with Crippen LogP contribution in [0.1, 0.15) is 9.67 Å². The molecule has 1 heterocycles. The summed E-state index contributed by atoms with van der Waals surface area (Å²) in [6, 6.07) is 6.99. The average molecular weight is 347 g/mol. The standard InChI is InChI=1S/C12H9BrClNO2S/c1-17-7-5-10(18-6-7)12(16)15-9-4-2-3-8(14)11(9)13/h2-6H,1H3,(H,15,16). The van der Waals surface area contributed by atoms with Crippen molar-refractivity contribution < 1.29 is 9.53 Å². The van der Waals surface area contributed by atoms with E-state index in [0.29, 0.717) is 25.8 Å². The molecule has 1 amide bonds. The van der Waals surface area contributed by atoms with Gasteiger partial charge >= 0.3 is 0 Å². The van der Waals surface area contributed by atoms with Crippen molar-refractivity contribution >= 4 is 50.5 Å². The summed E-state index contributed by atoms with van der Waals surface area (Å²) < 4.78 is 5.71. The summed E-state index contributed by atoms with van der Waals surface area (Å²) in [5.74, 6) is 0.488. The molecule has 0 saturated heterocycles. The molecular weight excluding hydrogens is 338 g/mol. The largest absolute Gasteiger partial charge is 0.496 e. The van der Waals surface area contributed by atoms with Crippen LogP contribution in [0.2, 0.25) is 5.02 Å². The van der Waals surface area contributed by atoms with E-state index in [1.165, 1.54) is 11.3 Å².